The smallest absolute Gasteiger partial charge is 0.186 e. The molecular formula is C25H48O10. The summed E-state index contributed by atoms with van der Waals surface area (Å²) in [4.78, 5) is 0. The van der Waals surface area contributed by atoms with Gasteiger partial charge in [0.25, 0.3) is 0 Å². The highest BCUT2D eigenvalue weighted by molar-refractivity contribution is 4.96. The zero-order chi connectivity index (χ0) is 25.8. The van der Waals surface area contributed by atoms with Crippen molar-refractivity contribution in [2.75, 3.05) is 19.8 Å². The molecule has 10 heteroatoms. The third-order valence-corrected chi connectivity index (χ3v) is 7.27. The van der Waals surface area contributed by atoms with Crippen molar-refractivity contribution in [3.63, 3.8) is 0 Å². The molecule has 0 spiro atoms. The molecule has 2 rings (SSSR count). The van der Waals surface area contributed by atoms with Crippen molar-refractivity contribution in [3.8, 4) is 0 Å². The number of ether oxygens (including phenoxy) is 3. The Morgan fingerprint density at radius 1 is 0.686 bits per heavy atom. The van der Waals surface area contributed by atoms with E-state index in [9.17, 15) is 35.7 Å². The fraction of sp³-hybridized carbons (Fsp3) is 1.00. The number of rotatable bonds is 16. The molecule has 2 aliphatic rings. The Bertz CT molecular complexity index is 548. The largest absolute Gasteiger partial charge is 0.396 e. The molecule has 0 aromatic rings. The van der Waals surface area contributed by atoms with E-state index in [2.05, 4.69) is 6.92 Å². The Morgan fingerprint density at radius 3 is 1.86 bits per heavy atom. The van der Waals surface area contributed by atoms with Crippen LogP contribution in [-0.2, 0) is 14.2 Å². The monoisotopic (exact) mass is 508 g/mol. The van der Waals surface area contributed by atoms with E-state index in [1.54, 1.807) is 0 Å². The molecule has 10 nitrogen and oxygen atoms in total. The predicted octanol–water partition coefficient (Wildman–Crippen LogP) is 0.212. The average Bonchev–Trinajstić information content (AvgIpc) is 2.86. The Hall–Kier alpha value is -0.400. The highest BCUT2D eigenvalue weighted by Crippen LogP contribution is 2.32. The van der Waals surface area contributed by atoms with Crippen LogP contribution in [0, 0.1) is 5.92 Å². The molecule has 0 amide bonds. The quantitative estimate of drug-likeness (QED) is 0.143. The number of hydrogen-bond donors (Lipinski definition) is 7. The minimum absolute atomic E-state index is 0.0199. The van der Waals surface area contributed by atoms with E-state index in [1.807, 2.05) is 0 Å². The summed E-state index contributed by atoms with van der Waals surface area (Å²) in [5.41, 5.74) is 0. The van der Waals surface area contributed by atoms with Gasteiger partial charge >= 0.3 is 0 Å². The molecule has 0 aromatic heterocycles. The lowest BCUT2D eigenvalue weighted by molar-refractivity contribution is -0.320. The Labute approximate surface area is 208 Å². The van der Waals surface area contributed by atoms with Gasteiger partial charge in [-0.15, -0.1) is 0 Å². The molecule has 208 valence electrons. The van der Waals surface area contributed by atoms with Gasteiger partial charge in [0.15, 0.2) is 6.29 Å². The van der Waals surface area contributed by atoms with Crippen molar-refractivity contribution in [3.05, 3.63) is 0 Å². The van der Waals surface area contributed by atoms with Gasteiger partial charge in [0, 0.05) is 19.1 Å². The van der Waals surface area contributed by atoms with Crippen LogP contribution in [0.15, 0.2) is 0 Å². The molecule has 1 heterocycles. The third-order valence-electron chi connectivity index (χ3n) is 7.27. The van der Waals surface area contributed by atoms with Crippen molar-refractivity contribution in [1.82, 2.24) is 0 Å². The standard InChI is InChI=1S/C25H48O10/c1-2-3-4-5-6-7-8-9-10-11-12-33-25-23(32)22(31)24(18(15-27)35-25)34-17-13-16(14-26)19(28)21(30)20(17)29/h16-32H,2-15H2,1H3/t16-,17+,18-,19-,20+,21+,22-,23-,24-,25-/m1/s1. The minimum Gasteiger partial charge on any atom is -0.396 e. The van der Waals surface area contributed by atoms with Gasteiger partial charge in [0.05, 0.1) is 18.8 Å². The Kier molecular flexibility index (Phi) is 14.5. The molecule has 7 N–H and O–H groups in total. The van der Waals surface area contributed by atoms with Crippen molar-refractivity contribution >= 4 is 0 Å². The summed E-state index contributed by atoms with van der Waals surface area (Å²) < 4.78 is 17.0. The zero-order valence-corrected chi connectivity index (χ0v) is 21.0. The van der Waals surface area contributed by atoms with Gasteiger partial charge < -0.3 is 50.0 Å². The third kappa shape index (κ3) is 9.14. The van der Waals surface area contributed by atoms with E-state index in [-0.39, 0.29) is 6.42 Å². The number of aliphatic hydroxyl groups is 7. The molecule has 1 saturated carbocycles. The number of aliphatic hydroxyl groups excluding tert-OH is 7. The predicted molar refractivity (Wildman–Crippen MR) is 127 cm³/mol. The fourth-order valence-electron chi connectivity index (χ4n) is 4.95. The van der Waals surface area contributed by atoms with Crippen LogP contribution in [-0.4, -0.2) is 111 Å². The molecular weight excluding hydrogens is 460 g/mol. The molecule has 0 aromatic carbocycles. The van der Waals surface area contributed by atoms with E-state index in [4.69, 9.17) is 14.2 Å². The fourth-order valence-corrected chi connectivity index (χ4v) is 4.95. The Balaban J connectivity index is 1.74. The highest BCUT2D eigenvalue weighted by atomic mass is 16.7. The van der Waals surface area contributed by atoms with Gasteiger partial charge in [-0.05, 0) is 12.8 Å². The average molecular weight is 509 g/mol. The second kappa shape index (κ2) is 16.4. The van der Waals surface area contributed by atoms with Crippen LogP contribution in [0.3, 0.4) is 0 Å². The molecule has 0 unspecified atom stereocenters. The summed E-state index contributed by atoms with van der Waals surface area (Å²) in [6, 6.07) is 0. The molecule has 35 heavy (non-hydrogen) atoms. The summed E-state index contributed by atoms with van der Waals surface area (Å²) in [5.74, 6) is -0.727. The van der Waals surface area contributed by atoms with Crippen LogP contribution < -0.4 is 0 Å². The van der Waals surface area contributed by atoms with Crippen molar-refractivity contribution in [2.45, 2.75) is 133 Å². The first-order valence-corrected chi connectivity index (χ1v) is 13.4. The topological polar surface area (TPSA) is 169 Å². The van der Waals surface area contributed by atoms with Crippen molar-refractivity contribution in [1.29, 1.82) is 0 Å². The second-order valence-corrected chi connectivity index (χ2v) is 10.0. The van der Waals surface area contributed by atoms with E-state index >= 15 is 0 Å². The molecule has 1 saturated heterocycles. The van der Waals surface area contributed by atoms with Crippen LogP contribution in [0.2, 0.25) is 0 Å². The normalized spacial score (nSPS) is 38.1. The molecule has 0 radical (unpaired) electrons. The maximum atomic E-state index is 10.7. The summed E-state index contributed by atoms with van der Waals surface area (Å²) in [7, 11) is 0. The minimum atomic E-state index is -1.54. The lowest BCUT2D eigenvalue weighted by atomic mass is 9.81. The molecule has 10 atom stereocenters. The van der Waals surface area contributed by atoms with Crippen LogP contribution in [0.4, 0.5) is 0 Å². The SMILES string of the molecule is CCCCCCCCCCCCO[C@@H]1O[C@H](CO)[C@@H](O[C@H]2C[C@H](CO)[C@@H](O)[C@H](O)[C@H]2O)[C@H](O)[C@H]1O. The van der Waals surface area contributed by atoms with Crippen molar-refractivity contribution in [2.24, 2.45) is 5.92 Å². The molecule has 1 aliphatic carbocycles. The van der Waals surface area contributed by atoms with Crippen LogP contribution in [0.5, 0.6) is 0 Å². The second-order valence-electron chi connectivity index (χ2n) is 10.0. The maximum absolute atomic E-state index is 10.7. The van der Waals surface area contributed by atoms with Gasteiger partial charge in [0.1, 0.15) is 36.6 Å². The first-order valence-electron chi connectivity index (χ1n) is 13.4. The van der Waals surface area contributed by atoms with Gasteiger partial charge in [-0.2, -0.15) is 0 Å². The van der Waals surface area contributed by atoms with Crippen LogP contribution in [0.1, 0.15) is 77.6 Å². The van der Waals surface area contributed by atoms with E-state index in [0.29, 0.717) is 6.61 Å². The number of unbranched alkanes of at least 4 members (excludes halogenated alkanes) is 9. The summed E-state index contributed by atoms with van der Waals surface area (Å²) in [5, 5.41) is 70.7. The Morgan fingerprint density at radius 2 is 1.29 bits per heavy atom. The molecule has 0 bridgehead atoms. The first kappa shape index (κ1) is 30.8. The highest BCUT2D eigenvalue weighted by Gasteiger charge is 2.50. The van der Waals surface area contributed by atoms with E-state index in [1.165, 1.54) is 44.9 Å². The van der Waals surface area contributed by atoms with Crippen LogP contribution >= 0.6 is 0 Å². The number of hydrogen-bond acceptors (Lipinski definition) is 10. The van der Waals surface area contributed by atoms with Gasteiger partial charge in [0.2, 0.25) is 0 Å². The van der Waals surface area contributed by atoms with Crippen molar-refractivity contribution < 1.29 is 50.0 Å². The van der Waals surface area contributed by atoms with Gasteiger partial charge in [-0.25, -0.2) is 0 Å². The molecule has 1 aliphatic heterocycles. The summed E-state index contributed by atoms with van der Waals surface area (Å²) >= 11 is 0. The van der Waals surface area contributed by atoms with E-state index in [0.717, 1.165) is 19.3 Å². The van der Waals surface area contributed by atoms with E-state index < -0.39 is 74.3 Å². The van der Waals surface area contributed by atoms with Gasteiger partial charge in [-0.3, -0.25) is 0 Å². The molecule has 2 fully saturated rings. The lowest BCUT2D eigenvalue weighted by Gasteiger charge is -2.46. The first-order chi connectivity index (χ1) is 16.8. The summed E-state index contributed by atoms with van der Waals surface area (Å²) in [6.45, 7) is 1.61. The van der Waals surface area contributed by atoms with Gasteiger partial charge in [-0.1, -0.05) is 64.7 Å². The maximum Gasteiger partial charge on any atom is 0.186 e. The summed E-state index contributed by atoms with van der Waals surface area (Å²) in [6.07, 6.45) is 0.180. The zero-order valence-electron chi connectivity index (χ0n) is 21.0. The lowest BCUT2D eigenvalue weighted by Crippen LogP contribution is -2.63. The van der Waals surface area contributed by atoms with Crippen LogP contribution in [0.25, 0.3) is 0 Å².